The van der Waals surface area contributed by atoms with E-state index in [2.05, 4.69) is 0 Å². The summed E-state index contributed by atoms with van der Waals surface area (Å²) in [6, 6.07) is -0.626. The van der Waals surface area contributed by atoms with E-state index in [0.29, 0.717) is 0 Å². The molecule has 0 aromatic heterocycles. The summed E-state index contributed by atoms with van der Waals surface area (Å²) in [6.45, 7) is 6.94. The van der Waals surface area contributed by atoms with E-state index in [4.69, 9.17) is 4.74 Å². The zero-order valence-electron chi connectivity index (χ0n) is 12.0. The highest BCUT2D eigenvalue weighted by atomic mass is 16.6. The van der Waals surface area contributed by atoms with Crippen LogP contribution in [0.25, 0.3) is 0 Å². The monoisotopic (exact) mass is 267 g/mol. The van der Waals surface area contributed by atoms with Crippen LogP contribution in [0.5, 0.6) is 0 Å². The average Bonchev–Trinajstić information content (AvgIpc) is 2.77. The Balaban J connectivity index is 2.24. The van der Waals surface area contributed by atoms with Gasteiger partial charge in [0.05, 0.1) is 0 Å². The molecule has 1 heterocycles. The van der Waals surface area contributed by atoms with E-state index in [9.17, 15) is 14.6 Å². The third kappa shape index (κ3) is 2.64. The van der Waals surface area contributed by atoms with Gasteiger partial charge >= 0.3 is 13.0 Å². The largest absolute Gasteiger partial charge is 0.458 e. The van der Waals surface area contributed by atoms with Crippen LogP contribution in [-0.2, 0) is 14.3 Å². The molecule has 0 bridgehead atoms. The zero-order chi connectivity index (χ0) is 14.4. The standard InChI is InChI=1S/C13H22BNO4/c1-13(2,3)19-12(17)10-8-6-5-7-9(8)11(16)15(10)14(4)18/h8-10,18H,5-7H2,1-4H3/t8-,9+,10+/m0/s1. The van der Waals surface area contributed by atoms with E-state index in [-0.39, 0.29) is 17.7 Å². The van der Waals surface area contributed by atoms with Gasteiger partial charge < -0.3 is 14.6 Å². The first-order valence-electron chi connectivity index (χ1n) is 6.95. The second-order valence-corrected chi connectivity index (χ2v) is 6.56. The van der Waals surface area contributed by atoms with Gasteiger partial charge in [-0.3, -0.25) is 4.79 Å². The smallest absolute Gasteiger partial charge is 0.412 e. The average molecular weight is 267 g/mol. The van der Waals surface area contributed by atoms with Crippen molar-refractivity contribution in [3.63, 3.8) is 0 Å². The Labute approximate surface area is 114 Å². The number of hydrogen-bond donors (Lipinski definition) is 1. The minimum atomic E-state index is -0.949. The van der Waals surface area contributed by atoms with Crippen LogP contribution in [0.15, 0.2) is 0 Å². The lowest BCUT2D eigenvalue weighted by Crippen LogP contribution is -2.50. The lowest BCUT2D eigenvalue weighted by Gasteiger charge is -2.30. The van der Waals surface area contributed by atoms with Gasteiger partial charge in [0.2, 0.25) is 5.91 Å². The molecule has 0 unspecified atom stereocenters. The fraction of sp³-hybridized carbons (Fsp3) is 0.846. The fourth-order valence-electron chi connectivity index (χ4n) is 3.28. The molecular weight excluding hydrogens is 245 g/mol. The zero-order valence-corrected chi connectivity index (χ0v) is 12.0. The van der Waals surface area contributed by atoms with Crippen LogP contribution < -0.4 is 0 Å². The van der Waals surface area contributed by atoms with Crippen LogP contribution in [0.4, 0.5) is 0 Å². The molecule has 0 spiro atoms. The Morgan fingerprint density at radius 3 is 2.58 bits per heavy atom. The number of esters is 1. The van der Waals surface area contributed by atoms with Gasteiger partial charge in [-0.15, -0.1) is 0 Å². The maximum atomic E-state index is 12.3. The molecule has 5 nitrogen and oxygen atoms in total. The van der Waals surface area contributed by atoms with E-state index in [1.165, 1.54) is 11.6 Å². The van der Waals surface area contributed by atoms with E-state index in [1.54, 1.807) is 20.8 Å². The van der Waals surface area contributed by atoms with Crippen LogP contribution in [0, 0.1) is 11.8 Å². The Morgan fingerprint density at radius 2 is 2.05 bits per heavy atom. The first-order valence-corrected chi connectivity index (χ1v) is 6.95. The first-order chi connectivity index (χ1) is 8.72. The third-order valence-electron chi connectivity index (χ3n) is 3.90. The van der Waals surface area contributed by atoms with Gasteiger partial charge in [0.15, 0.2) is 0 Å². The molecule has 19 heavy (non-hydrogen) atoms. The van der Waals surface area contributed by atoms with Crippen LogP contribution in [0.2, 0.25) is 6.82 Å². The van der Waals surface area contributed by atoms with Crippen molar-refractivity contribution >= 4 is 18.9 Å². The molecule has 1 saturated carbocycles. The molecule has 1 amide bonds. The number of hydrogen-bond acceptors (Lipinski definition) is 4. The number of rotatable bonds is 2. The molecule has 106 valence electrons. The Kier molecular flexibility index (Phi) is 3.64. The van der Waals surface area contributed by atoms with Gasteiger partial charge in [-0.05, 0) is 40.4 Å². The van der Waals surface area contributed by atoms with Gasteiger partial charge in [-0.2, -0.15) is 0 Å². The molecule has 3 atom stereocenters. The number of ether oxygens (including phenoxy) is 1. The van der Waals surface area contributed by atoms with E-state index in [1.807, 2.05) is 0 Å². The van der Waals surface area contributed by atoms with Crippen molar-refractivity contribution in [3.8, 4) is 0 Å². The topological polar surface area (TPSA) is 66.8 Å². The van der Waals surface area contributed by atoms with Crippen LogP contribution in [0.3, 0.4) is 0 Å². The molecule has 6 heteroatoms. The Hall–Kier alpha value is -1.04. The molecule has 2 fully saturated rings. The summed E-state index contributed by atoms with van der Waals surface area (Å²) in [5.41, 5.74) is -0.582. The summed E-state index contributed by atoms with van der Waals surface area (Å²) in [6.07, 6.45) is 2.63. The van der Waals surface area contributed by atoms with Crippen molar-refractivity contribution in [1.29, 1.82) is 0 Å². The second kappa shape index (κ2) is 4.82. The Bertz CT molecular complexity index is 391. The highest BCUT2D eigenvalue weighted by Crippen LogP contribution is 2.43. The molecule has 2 rings (SSSR count). The molecule has 2 aliphatic rings. The molecule has 0 aromatic carbocycles. The quantitative estimate of drug-likeness (QED) is 0.600. The van der Waals surface area contributed by atoms with E-state index < -0.39 is 24.7 Å². The second-order valence-electron chi connectivity index (χ2n) is 6.56. The fourth-order valence-corrected chi connectivity index (χ4v) is 3.28. The molecule has 1 aliphatic heterocycles. The lowest BCUT2D eigenvalue weighted by molar-refractivity contribution is -0.161. The highest BCUT2D eigenvalue weighted by molar-refractivity contribution is 6.50. The molecule has 1 saturated heterocycles. The van der Waals surface area contributed by atoms with Crippen molar-refractivity contribution in [2.24, 2.45) is 11.8 Å². The number of nitrogens with zero attached hydrogens (tertiary/aromatic N) is 1. The Morgan fingerprint density at radius 1 is 1.42 bits per heavy atom. The van der Waals surface area contributed by atoms with Crippen LogP contribution >= 0.6 is 0 Å². The summed E-state index contributed by atoms with van der Waals surface area (Å²) >= 11 is 0. The SMILES string of the molecule is CB(O)N1C(=O)[C@@H]2CCC[C@@H]2[C@@H]1C(=O)OC(C)(C)C. The van der Waals surface area contributed by atoms with Crippen molar-refractivity contribution < 1.29 is 19.3 Å². The van der Waals surface area contributed by atoms with Gasteiger partial charge in [-0.1, -0.05) is 6.42 Å². The summed E-state index contributed by atoms with van der Waals surface area (Å²) in [4.78, 5) is 25.9. The van der Waals surface area contributed by atoms with E-state index in [0.717, 1.165) is 19.3 Å². The first kappa shape index (κ1) is 14.4. The predicted molar refractivity (Wildman–Crippen MR) is 71.1 cm³/mol. The third-order valence-corrected chi connectivity index (χ3v) is 3.90. The number of amides is 1. The molecule has 1 N–H and O–H groups in total. The summed E-state index contributed by atoms with van der Waals surface area (Å²) < 4.78 is 5.41. The van der Waals surface area contributed by atoms with Crippen molar-refractivity contribution in [3.05, 3.63) is 0 Å². The van der Waals surface area contributed by atoms with Gasteiger partial charge in [-0.25, -0.2) is 4.79 Å². The maximum Gasteiger partial charge on any atom is 0.412 e. The summed E-state index contributed by atoms with van der Waals surface area (Å²) in [5.74, 6) is -0.617. The molecule has 0 aromatic rings. The minimum absolute atomic E-state index is 0.00282. The normalized spacial score (nSPS) is 30.5. The van der Waals surface area contributed by atoms with Gasteiger partial charge in [0.25, 0.3) is 0 Å². The number of carbonyl (C=O) groups is 2. The predicted octanol–water partition coefficient (Wildman–Crippen LogP) is 1.07. The molecular formula is C13H22BNO4. The maximum absolute atomic E-state index is 12.3. The number of carbonyl (C=O) groups excluding carboxylic acids is 2. The molecule has 0 radical (unpaired) electrons. The van der Waals surface area contributed by atoms with Crippen molar-refractivity contribution in [1.82, 2.24) is 4.81 Å². The van der Waals surface area contributed by atoms with Crippen LogP contribution in [0.1, 0.15) is 40.0 Å². The highest BCUT2D eigenvalue weighted by Gasteiger charge is 2.55. The molecule has 1 aliphatic carbocycles. The lowest BCUT2D eigenvalue weighted by atomic mass is 9.83. The summed E-state index contributed by atoms with van der Waals surface area (Å²) in [7, 11) is -0.949. The van der Waals surface area contributed by atoms with Gasteiger partial charge in [0.1, 0.15) is 11.6 Å². The summed E-state index contributed by atoms with van der Waals surface area (Å²) in [5, 5.41) is 9.79. The van der Waals surface area contributed by atoms with Gasteiger partial charge in [0, 0.05) is 11.8 Å². The van der Waals surface area contributed by atoms with Crippen molar-refractivity contribution in [2.45, 2.75) is 58.5 Å². The minimum Gasteiger partial charge on any atom is -0.458 e. The van der Waals surface area contributed by atoms with Crippen molar-refractivity contribution in [2.75, 3.05) is 0 Å². The number of fused-ring (bicyclic) bond motifs is 1. The van der Waals surface area contributed by atoms with Crippen LogP contribution in [-0.4, -0.2) is 40.4 Å². The van der Waals surface area contributed by atoms with E-state index >= 15 is 0 Å².